The fraction of sp³-hybridized carbons (Fsp3) is 0.875. The normalized spacial score (nSPS) is 24.1. The van der Waals surface area contributed by atoms with Crippen molar-refractivity contribution >= 4 is 0 Å². The van der Waals surface area contributed by atoms with Crippen molar-refractivity contribution in [3.63, 3.8) is 0 Å². The molecule has 0 fully saturated rings. The van der Waals surface area contributed by atoms with Crippen molar-refractivity contribution in [2.45, 2.75) is 65.8 Å². The zero-order valence-electron chi connectivity index (χ0n) is 12.2. The van der Waals surface area contributed by atoms with Crippen molar-refractivity contribution in [2.24, 2.45) is 17.8 Å². The second-order valence-electron chi connectivity index (χ2n) is 6.23. The topological polar surface area (TPSA) is 12.0 Å². The smallest absolute Gasteiger partial charge is 0.0250 e. The van der Waals surface area contributed by atoms with E-state index in [0.29, 0.717) is 6.04 Å². The second kappa shape index (κ2) is 7.92. The van der Waals surface area contributed by atoms with E-state index in [9.17, 15) is 0 Å². The van der Waals surface area contributed by atoms with E-state index in [2.05, 4.69) is 45.2 Å². The largest absolute Gasteiger partial charge is 0.310 e. The minimum atomic E-state index is 0.621. The molecule has 1 rings (SSSR count). The molecule has 1 heteroatoms. The van der Waals surface area contributed by atoms with Crippen molar-refractivity contribution in [1.82, 2.24) is 5.32 Å². The Morgan fingerprint density at radius 1 is 1.06 bits per heavy atom. The summed E-state index contributed by atoms with van der Waals surface area (Å²) >= 11 is 0. The van der Waals surface area contributed by atoms with E-state index in [4.69, 9.17) is 0 Å². The van der Waals surface area contributed by atoms with Crippen LogP contribution in [0.15, 0.2) is 12.2 Å². The molecule has 0 spiro atoms. The Bertz CT molecular complexity index is 210. The Morgan fingerprint density at radius 3 is 2.41 bits per heavy atom. The number of hydrogen-bond donors (Lipinski definition) is 1. The Kier molecular flexibility index (Phi) is 6.87. The monoisotopic (exact) mass is 237 g/mol. The molecule has 1 aliphatic carbocycles. The van der Waals surface area contributed by atoms with E-state index in [-0.39, 0.29) is 0 Å². The van der Waals surface area contributed by atoms with Gasteiger partial charge in [-0.05, 0) is 43.6 Å². The Balaban J connectivity index is 2.38. The highest BCUT2D eigenvalue weighted by molar-refractivity contribution is 4.95. The molecule has 1 unspecified atom stereocenters. The van der Waals surface area contributed by atoms with Crippen molar-refractivity contribution in [3.05, 3.63) is 12.2 Å². The number of nitrogens with one attached hydrogen (secondary N) is 1. The highest BCUT2D eigenvalue weighted by atomic mass is 14.9. The molecule has 0 amide bonds. The summed E-state index contributed by atoms with van der Waals surface area (Å²) in [6, 6.07) is 0.621. The van der Waals surface area contributed by atoms with Crippen molar-refractivity contribution in [2.75, 3.05) is 6.54 Å². The van der Waals surface area contributed by atoms with Crippen LogP contribution in [-0.2, 0) is 0 Å². The third-order valence-corrected chi connectivity index (χ3v) is 4.08. The molecule has 0 aromatic rings. The lowest BCUT2D eigenvalue weighted by Crippen LogP contribution is -2.36. The Labute approximate surface area is 108 Å². The van der Waals surface area contributed by atoms with E-state index in [1.54, 1.807) is 0 Å². The summed E-state index contributed by atoms with van der Waals surface area (Å²) in [6.45, 7) is 10.6. The van der Waals surface area contributed by atoms with E-state index in [1.807, 2.05) is 0 Å². The molecular weight excluding hydrogens is 206 g/mol. The van der Waals surface area contributed by atoms with Gasteiger partial charge in [0, 0.05) is 6.04 Å². The zero-order chi connectivity index (χ0) is 12.7. The van der Waals surface area contributed by atoms with Gasteiger partial charge >= 0.3 is 0 Å². The van der Waals surface area contributed by atoms with E-state index < -0.39 is 0 Å². The first-order valence-corrected chi connectivity index (χ1v) is 7.51. The molecule has 1 aliphatic rings. The Hall–Kier alpha value is -0.300. The van der Waals surface area contributed by atoms with Crippen LogP contribution in [0.3, 0.4) is 0 Å². The van der Waals surface area contributed by atoms with Crippen LogP contribution in [0.25, 0.3) is 0 Å². The van der Waals surface area contributed by atoms with E-state index in [1.165, 1.54) is 38.6 Å². The molecule has 1 nitrogen and oxygen atoms in total. The van der Waals surface area contributed by atoms with Crippen molar-refractivity contribution in [3.8, 4) is 0 Å². The van der Waals surface area contributed by atoms with Crippen molar-refractivity contribution < 1.29 is 0 Å². The van der Waals surface area contributed by atoms with Gasteiger partial charge in [0.25, 0.3) is 0 Å². The summed E-state index contributed by atoms with van der Waals surface area (Å²) in [5.41, 5.74) is 0. The summed E-state index contributed by atoms with van der Waals surface area (Å²) in [6.07, 6.45) is 11.5. The standard InChI is InChI=1S/C16H31N/c1-13(2)16(14(3)4)12-17-15-10-8-6-5-7-9-11-15/h8,10,13-17H,5-7,9,11-12H2,1-4H3/b10-8+. The SMILES string of the molecule is CC(C)C(CNC1/C=C/CCCCC1)C(C)C. The fourth-order valence-electron chi connectivity index (χ4n) is 2.86. The predicted molar refractivity (Wildman–Crippen MR) is 77.2 cm³/mol. The molecule has 0 saturated carbocycles. The third kappa shape index (κ3) is 5.72. The van der Waals surface area contributed by atoms with Crippen LogP contribution in [0.5, 0.6) is 0 Å². The average Bonchev–Trinajstić information content (AvgIpc) is 2.19. The molecule has 0 heterocycles. The molecule has 0 saturated heterocycles. The maximum absolute atomic E-state index is 3.77. The van der Waals surface area contributed by atoms with Crippen LogP contribution in [0.1, 0.15) is 59.8 Å². The minimum absolute atomic E-state index is 0.621. The van der Waals surface area contributed by atoms with Gasteiger partial charge in [-0.2, -0.15) is 0 Å². The van der Waals surface area contributed by atoms with Crippen LogP contribution in [0.4, 0.5) is 0 Å². The van der Waals surface area contributed by atoms with Crippen molar-refractivity contribution in [1.29, 1.82) is 0 Å². The molecule has 17 heavy (non-hydrogen) atoms. The molecule has 0 radical (unpaired) electrons. The lowest BCUT2D eigenvalue weighted by atomic mass is 9.85. The third-order valence-electron chi connectivity index (χ3n) is 4.08. The van der Waals surface area contributed by atoms with Gasteiger partial charge < -0.3 is 5.32 Å². The average molecular weight is 237 g/mol. The lowest BCUT2D eigenvalue weighted by Gasteiger charge is -2.27. The van der Waals surface area contributed by atoms with E-state index in [0.717, 1.165) is 17.8 Å². The number of hydrogen-bond acceptors (Lipinski definition) is 1. The fourth-order valence-corrected chi connectivity index (χ4v) is 2.86. The van der Waals surface area contributed by atoms with E-state index >= 15 is 0 Å². The molecular formula is C16H31N. The molecule has 0 aliphatic heterocycles. The first kappa shape index (κ1) is 14.8. The summed E-state index contributed by atoms with van der Waals surface area (Å²) in [5.74, 6) is 2.36. The molecule has 100 valence electrons. The van der Waals surface area contributed by atoms with Crippen LogP contribution in [0.2, 0.25) is 0 Å². The van der Waals surface area contributed by atoms with Crippen LogP contribution < -0.4 is 5.32 Å². The zero-order valence-corrected chi connectivity index (χ0v) is 12.2. The van der Waals surface area contributed by atoms with Gasteiger partial charge in [-0.15, -0.1) is 0 Å². The highest BCUT2D eigenvalue weighted by Gasteiger charge is 2.18. The first-order valence-electron chi connectivity index (χ1n) is 7.51. The van der Waals surface area contributed by atoms with Crippen LogP contribution in [0, 0.1) is 17.8 Å². The lowest BCUT2D eigenvalue weighted by molar-refractivity contribution is 0.268. The van der Waals surface area contributed by atoms with Gasteiger partial charge in [0.1, 0.15) is 0 Å². The maximum atomic E-state index is 3.77. The summed E-state index contributed by atoms with van der Waals surface area (Å²) in [5, 5.41) is 3.77. The summed E-state index contributed by atoms with van der Waals surface area (Å²) < 4.78 is 0. The van der Waals surface area contributed by atoms with Gasteiger partial charge in [-0.1, -0.05) is 52.7 Å². The van der Waals surface area contributed by atoms with Gasteiger partial charge in [0.2, 0.25) is 0 Å². The highest BCUT2D eigenvalue weighted by Crippen LogP contribution is 2.20. The maximum Gasteiger partial charge on any atom is 0.0250 e. The quantitative estimate of drug-likeness (QED) is 0.699. The molecule has 0 aromatic heterocycles. The second-order valence-corrected chi connectivity index (χ2v) is 6.23. The molecule has 0 aromatic carbocycles. The predicted octanol–water partition coefficient (Wildman–Crippen LogP) is 4.39. The van der Waals surface area contributed by atoms with Gasteiger partial charge in [-0.25, -0.2) is 0 Å². The van der Waals surface area contributed by atoms with Gasteiger partial charge in [0.15, 0.2) is 0 Å². The molecule has 1 atom stereocenters. The van der Waals surface area contributed by atoms with Gasteiger partial charge in [-0.3, -0.25) is 0 Å². The number of allylic oxidation sites excluding steroid dienone is 1. The minimum Gasteiger partial charge on any atom is -0.310 e. The van der Waals surface area contributed by atoms with Crippen LogP contribution in [-0.4, -0.2) is 12.6 Å². The molecule has 0 bridgehead atoms. The van der Waals surface area contributed by atoms with Crippen LogP contribution >= 0.6 is 0 Å². The van der Waals surface area contributed by atoms with Gasteiger partial charge in [0.05, 0.1) is 0 Å². The Morgan fingerprint density at radius 2 is 1.76 bits per heavy atom. The summed E-state index contributed by atoms with van der Waals surface area (Å²) in [7, 11) is 0. The number of rotatable bonds is 5. The summed E-state index contributed by atoms with van der Waals surface area (Å²) in [4.78, 5) is 0. The first-order chi connectivity index (χ1) is 8.11. The molecule has 1 N–H and O–H groups in total.